The highest BCUT2D eigenvalue weighted by Gasteiger charge is 2.27. The summed E-state index contributed by atoms with van der Waals surface area (Å²) in [5.41, 5.74) is 0.719. The van der Waals surface area contributed by atoms with Crippen molar-refractivity contribution in [1.82, 2.24) is 0 Å². The van der Waals surface area contributed by atoms with E-state index in [0.717, 1.165) is 5.56 Å². The van der Waals surface area contributed by atoms with E-state index in [1.807, 2.05) is 6.07 Å². The normalized spacial score (nSPS) is 21.2. The van der Waals surface area contributed by atoms with Crippen LogP contribution in [0.15, 0.2) is 36.4 Å². The Balaban J connectivity index is 2.30. The Morgan fingerprint density at radius 1 is 1.23 bits per heavy atom. The van der Waals surface area contributed by atoms with Gasteiger partial charge in [0, 0.05) is 11.6 Å². The zero-order valence-electron chi connectivity index (χ0n) is 6.74. The predicted molar refractivity (Wildman–Crippen MR) is 45.4 cm³/mol. The van der Waals surface area contributed by atoms with Crippen molar-refractivity contribution in [3.05, 3.63) is 42.0 Å². The standard InChI is InChI=1S/C10H7FO2/c11-8-6-9(13-10(8)12)7-4-2-1-3-5-7/h1-6,8H. The van der Waals surface area contributed by atoms with E-state index in [0.29, 0.717) is 5.76 Å². The molecular formula is C10H7FO2. The highest BCUT2D eigenvalue weighted by atomic mass is 19.1. The van der Waals surface area contributed by atoms with Gasteiger partial charge in [0.15, 0.2) is 0 Å². The molecule has 1 aromatic rings. The molecule has 0 saturated carbocycles. The van der Waals surface area contributed by atoms with Gasteiger partial charge in [-0.1, -0.05) is 30.3 Å². The predicted octanol–water partition coefficient (Wildman–Crippen LogP) is 1.92. The van der Waals surface area contributed by atoms with Crippen LogP contribution in [-0.2, 0) is 9.53 Å². The van der Waals surface area contributed by atoms with Crippen molar-refractivity contribution < 1.29 is 13.9 Å². The van der Waals surface area contributed by atoms with Crippen molar-refractivity contribution in [2.24, 2.45) is 0 Å². The zero-order valence-corrected chi connectivity index (χ0v) is 6.74. The summed E-state index contributed by atoms with van der Waals surface area (Å²) in [7, 11) is 0. The molecule has 1 unspecified atom stereocenters. The van der Waals surface area contributed by atoms with Crippen molar-refractivity contribution in [2.75, 3.05) is 0 Å². The van der Waals surface area contributed by atoms with E-state index in [4.69, 9.17) is 4.74 Å². The fourth-order valence-electron chi connectivity index (χ4n) is 1.16. The molecule has 1 atom stereocenters. The van der Waals surface area contributed by atoms with Crippen LogP contribution >= 0.6 is 0 Å². The number of esters is 1. The number of benzene rings is 1. The van der Waals surface area contributed by atoms with Gasteiger partial charge in [0.05, 0.1) is 0 Å². The number of carbonyl (C=O) groups excluding carboxylic acids is 1. The molecule has 1 heterocycles. The first-order chi connectivity index (χ1) is 6.27. The van der Waals surface area contributed by atoms with Crippen LogP contribution in [0.1, 0.15) is 5.56 Å². The van der Waals surface area contributed by atoms with E-state index < -0.39 is 12.1 Å². The van der Waals surface area contributed by atoms with Crippen LogP contribution in [0, 0.1) is 0 Å². The minimum absolute atomic E-state index is 0.304. The number of rotatable bonds is 1. The van der Waals surface area contributed by atoms with E-state index in [9.17, 15) is 9.18 Å². The third-order valence-electron chi connectivity index (χ3n) is 1.79. The molecule has 2 nitrogen and oxygen atoms in total. The summed E-state index contributed by atoms with van der Waals surface area (Å²) in [6.07, 6.45) is -0.437. The monoisotopic (exact) mass is 178 g/mol. The average molecular weight is 178 g/mol. The molecule has 0 amide bonds. The summed E-state index contributed by atoms with van der Waals surface area (Å²) >= 11 is 0. The maximum absolute atomic E-state index is 12.7. The van der Waals surface area contributed by atoms with Gasteiger partial charge in [-0.15, -0.1) is 0 Å². The summed E-state index contributed by atoms with van der Waals surface area (Å²) in [6.45, 7) is 0. The van der Waals surface area contributed by atoms with Crippen molar-refractivity contribution in [3.8, 4) is 0 Å². The Morgan fingerprint density at radius 3 is 2.46 bits per heavy atom. The quantitative estimate of drug-likeness (QED) is 0.614. The average Bonchev–Trinajstić information content (AvgIpc) is 2.49. The Labute approximate surface area is 74.6 Å². The van der Waals surface area contributed by atoms with Gasteiger partial charge in [0.2, 0.25) is 6.17 Å². The summed E-state index contributed by atoms with van der Waals surface area (Å²) in [6, 6.07) is 8.97. The van der Waals surface area contributed by atoms with E-state index >= 15 is 0 Å². The number of hydrogen-bond donors (Lipinski definition) is 0. The number of alkyl halides is 1. The fraction of sp³-hybridized carbons (Fsp3) is 0.100. The maximum Gasteiger partial charge on any atom is 0.350 e. The molecule has 0 aromatic heterocycles. The van der Waals surface area contributed by atoms with Crippen LogP contribution in [0.25, 0.3) is 5.76 Å². The fourth-order valence-corrected chi connectivity index (χ4v) is 1.16. The molecule has 0 bridgehead atoms. The van der Waals surface area contributed by atoms with Gasteiger partial charge in [0.1, 0.15) is 5.76 Å². The Hall–Kier alpha value is -1.64. The molecule has 3 heteroatoms. The number of ether oxygens (including phenoxy) is 1. The van der Waals surface area contributed by atoms with Crippen LogP contribution in [-0.4, -0.2) is 12.1 Å². The summed E-state index contributed by atoms with van der Waals surface area (Å²) in [4.78, 5) is 10.7. The largest absolute Gasteiger partial charge is 0.424 e. The number of hydrogen-bond acceptors (Lipinski definition) is 2. The van der Waals surface area contributed by atoms with Crippen molar-refractivity contribution >= 4 is 11.7 Å². The van der Waals surface area contributed by atoms with Gasteiger partial charge < -0.3 is 4.74 Å². The van der Waals surface area contributed by atoms with Crippen LogP contribution in [0.2, 0.25) is 0 Å². The summed E-state index contributed by atoms with van der Waals surface area (Å²) < 4.78 is 17.4. The van der Waals surface area contributed by atoms with E-state index in [-0.39, 0.29) is 0 Å². The van der Waals surface area contributed by atoms with E-state index in [1.54, 1.807) is 24.3 Å². The molecule has 66 valence electrons. The first kappa shape index (κ1) is 7.98. The maximum atomic E-state index is 12.7. The third-order valence-corrected chi connectivity index (χ3v) is 1.79. The summed E-state index contributed by atoms with van der Waals surface area (Å²) in [5.74, 6) is -0.531. The van der Waals surface area contributed by atoms with Gasteiger partial charge in [0.25, 0.3) is 0 Å². The smallest absolute Gasteiger partial charge is 0.350 e. The Kier molecular flexibility index (Phi) is 1.85. The molecule has 0 saturated heterocycles. The van der Waals surface area contributed by atoms with Crippen LogP contribution in [0.5, 0.6) is 0 Å². The topological polar surface area (TPSA) is 26.3 Å². The number of carbonyl (C=O) groups is 1. The van der Waals surface area contributed by atoms with Crippen LogP contribution in [0.4, 0.5) is 4.39 Å². The number of cyclic esters (lactones) is 1. The molecular weight excluding hydrogens is 171 g/mol. The molecule has 0 aliphatic carbocycles. The second-order valence-corrected chi connectivity index (χ2v) is 2.72. The second-order valence-electron chi connectivity index (χ2n) is 2.72. The lowest BCUT2D eigenvalue weighted by atomic mass is 10.2. The Morgan fingerprint density at radius 2 is 1.92 bits per heavy atom. The Bertz CT molecular complexity index is 356. The highest BCUT2D eigenvalue weighted by molar-refractivity contribution is 5.89. The van der Waals surface area contributed by atoms with Gasteiger partial charge in [-0.2, -0.15) is 0 Å². The van der Waals surface area contributed by atoms with Crippen molar-refractivity contribution in [1.29, 1.82) is 0 Å². The van der Waals surface area contributed by atoms with Gasteiger partial charge in [-0.25, -0.2) is 9.18 Å². The van der Waals surface area contributed by atoms with Gasteiger partial charge in [-0.05, 0) is 0 Å². The first-order valence-electron chi connectivity index (χ1n) is 3.90. The van der Waals surface area contributed by atoms with E-state index in [1.165, 1.54) is 6.08 Å². The molecule has 0 spiro atoms. The number of halogens is 1. The molecule has 1 aliphatic rings. The van der Waals surface area contributed by atoms with Crippen molar-refractivity contribution in [2.45, 2.75) is 6.17 Å². The molecule has 0 radical (unpaired) electrons. The zero-order chi connectivity index (χ0) is 9.26. The lowest BCUT2D eigenvalue weighted by Crippen LogP contribution is -2.07. The second kappa shape index (κ2) is 3.01. The molecule has 1 aromatic carbocycles. The molecule has 0 N–H and O–H groups in total. The lowest BCUT2D eigenvalue weighted by molar-refractivity contribution is -0.138. The summed E-state index contributed by atoms with van der Waals surface area (Å²) in [5, 5.41) is 0. The lowest BCUT2D eigenvalue weighted by Gasteiger charge is -1.99. The minimum Gasteiger partial charge on any atom is -0.424 e. The van der Waals surface area contributed by atoms with Gasteiger partial charge >= 0.3 is 5.97 Å². The third kappa shape index (κ3) is 1.45. The molecule has 1 aliphatic heterocycles. The minimum atomic E-state index is -1.62. The molecule has 0 fully saturated rings. The van der Waals surface area contributed by atoms with Crippen molar-refractivity contribution in [3.63, 3.8) is 0 Å². The van der Waals surface area contributed by atoms with E-state index in [2.05, 4.69) is 0 Å². The first-order valence-corrected chi connectivity index (χ1v) is 3.90. The molecule has 2 rings (SSSR count). The van der Waals surface area contributed by atoms with Crippen LogP contribution in [0.3, 0.4) is 0 Å². The SMILES string of the molecule is O=C1OC(c2ccccc2)=CC1F. The highest BCUT2D eigenvalue weighted by Crippen LogP contribution is 2.23. The van der Waals surface area contributed by atoms with Crippen LogP contribution < -0.4 is 0 Å². The van der Waals surface area contributed by atoms with Gasteiger partial charge in [-0.3, -0.25) is 0 Å². The molecule has 13 heavy (non-hydrogen) atoms.